The minimum atomic E-state index is 0.405. The average molecular weight is 246 g/mol. The predicted molar refractivity (Wildman–Crippen MR) is 76.5 cm³/mol. The van der Waals surface area contributed by atoms with Gasteiger partial charge in [0.1, 0.15) is 0 Å². The van der Waals surface area contributed by atoms with Gasteiger partial charge in [-0.25, -0.2) is 0 Å². The molecule has 1 unspecified atom stereocenters. The van der Waals surface area contributed by atoms with E-state index in [-0.39, 0.29) is 0 Å². The summed E-state index contributed by atoms with van der Waals surface area (Å²) in [4.78, 5) is 4.41. The molecule has 0 aliphatic heterocycles. The summed E-state index contributed by atoms with van der Waals surface area (Å²) in [5, 5.41) is 4.80. The van der Waals surface area contributed by atoms with Crippen LogP contribution < -0.4 is 5.32 Å². The summed E-state index contributed by atoms with van der Waals surface area (Å²) in [6.45, 7) is 3.14. The summed E-state index contributed by atoms with van der Waals surface area (Å²) in [5.74, 6) is 1.09. The normalized spacial score (nSPS) is 12.8. The van der Waals surface area contributed by atoms with Gasteiger partial charge in [0.2, 0.25) is 0 Å². The Hall–Kier alpha value is -1.06. The molecule has 1 aromatic heterocycles. The third-order valence-corrected chi connectivity index (χ3v) is 3.51. The molecule has 2 nitrogen and oxygen atoms in total. The lowest BCUT2D eigenvalue weighted by Gasteiger charge is -2.18. The van der Waals surface area contributed by atoms with Gasteiger partial charge in [-0.15, -0.1) is 0 Å². The van der Waals surface area contributed by atoms with E-state index in [4.69, 9.17) is 0 Å². The van der Waals surface area contributed by atoms with Crippen LogP contribution >= 0.6 is 11.8 Å². The van der Waals surface area contributed by atoms with E-state index in [9.17, 15) is 0 Å². The fraction of sp³-hybridized carbons (Fsp3) is 0.357. The predicted octanol–water partition coefficient (Wildman–Crippen LogP) is 3.25. The van der Waals surface area contributed by atoms with E-state index in [1.165, 1.54) is 10.9 Å². The van der Waals surface area contributed by atoms with Gasteiger partial charge in [-0.2, -0.15) is 11.8 Å². The molecule has 0 spiro atoms. The highest BCUT2D eigenvalue weighted by atomic mass is 32.2. The first-order valence-corrected chi connectivity index (χ1v) is 7.32. The fourth-order valence-electron chi connectivity index (χ4n) is 2.10. The van der Waals surface area contributed by atoms with E-state index < -0.39 is 0 Å². The Balaban J connectivity index is 2.44. The summed E-state index contributed by atoms with van der Waals surface area (Å²) in [5.41, 5.74) is 2.43. The smallest absolute Gasteiger partial charge is 0.0705 e. The van der Waals surface area contributed by atoms with Crippen molar-refractivity contribution < 1.29 is 0 Å². The Labute approximate surface area is 107 Å². The second kappa shape index (κ2) is 6.03. The minimum absolute atomic E-state index is 0.405. The first-order valence-electron chi connectivity index (χ1n) is 5.92. The molecule has 90 valence electrons. The Bertz CT molecular complexity index is 473. The van der Waals surface area contributed by atoms with Crippen molar-refractivity contribution in [1.82, 2.24) is 10.3 Å². The van der Waals surface area contributed by atoms with Gasteiger partial charge >= 0.3 is 0 Å². The van der Waals surface area contributed by atoms with Crippen LogP contribution in [-0.2, 0) is 0 Å². The van der Waals surface area contributed by atoms with Crippen LogP contribution in [0.2, 0.25) is 0 Å². The number of rotatable bonds is 5. The summed E-state index contributed by atoms with van der Waals surface area (Å²) < 4.78 is 0. The van der Waals surface area contributed by atoms with Crippen molar-refractivity contribution in [2.75, 3.05) is 18.6 Å². The molecule has 3 heteroatoms. The molecular weight excluding hydrogens is 228 g/mol. The number of pyridine rings is 1. The van der Waals surface area contributed by atoms with Crippen LogP contribution in [0.3, 0.4) is 0 Å². The van der Waals surface area contributed by atoms with Crippen LogP contribution in [0.15, 0.2) is 36.5 Å². The van der Waals surface area contributed by atoms with Gasteiger partial charge in [0.15, 0.2) is 0 Å². The van der Waals surface area contributed by atoms with Gasteiger partial charge in [0.05, 0.1) is 5.52 Å². The van der Waals surface area contributed by atoms with Crippen molar-refractivity contribution in [2.24, 2.45) is 0 Å². The van der Waals surface area contributed by atoms with Crippen molar-refractivity contribution in [3.63, 3.8) is 0 Å². The molecule has 0 saturated heterocycles. The van der Waals surface area contributed by atoms with Crippen LogP contribution in [0.1, 0.15) is 18.5 Å². The molecule has 1 N–H and O–H groups in total. The lowest BCUT2D eigenvalue weighted by atomic mass is 10.0. The molecule has 17 heavy (non-hydrogen) atoms. The van der Waals surface area contributed by atoms with E-state index in [1.54, 1.807) is 0 Å². The van der Waals surface area contributed by atoms with Crippen LogP contribution in [-0.4, -0.2) is 23.5 Å². The molecule has 0 amide bonds. The quantitative estimate of drug-likeness (QED) is 0.876. The van der Waals surface area contributed by atoms with Crippen LogP contribution in [0.25, 0.3) is 10.9 Å². The molecule has 0 fully saturated rings. The van der Waals surface area contributed by atoms with E-state index in [0.717, 1.165) is 17.8 Å². The van der Waals surface area contributed by atoms with E-state index in [0.29, 0.717) is 6.04 Å². The maximum absolute atomic E-state index is 4.41. The van der Waals surface area contributed by atoms with Gasteiger partial charge in [0.25, 0.3) is 0 Å². The van der Waals surface area contributed by atoms with Gasteiger partial charge in [-0.1, -0.05) is 25.1 Å². The maximum atomic E-state index is 4.41. The summed E-state index contributed by atoms with van der Waals surface area (Å²) in [6.07, 6.45) is 4.00. The van der Waals surface area contributed by atoms with Gasteiger partial charge < -0.3 is 5.32 Å². The van der Waals surface area contributed by atoms with Gasteiger partial charge in [-0.05, 0) is 30.5 Å². The first kappa shape index (κ1) is 12.4. The molecule has 1 aromatic carbocycles. The Morgan fingerprint density at radius 1 is 1.29 bits per heavy atom. The maximum Gasteiger partial charge on any atom is 0.0705 e. The zero-order valence-corrected chi connectivity index (χ0v) is 11.1. The number of hydrogen-bond acceptors (Lipinski definition) is 3. The van der Waals surface area contributed by atoms with Crippen molar-refractivity contribution in [3.05, 3.63) is 42.1 Å². The van der Waals surface area contributed by atoms with E-state index >= 15 is 0 Å². The molecule has 0 aliphatic carbocycles. The standard InChI is InChI=1S/C14H18N2S/c1-3-15-14(10-17-2)12-6-4-8-13-11(12)7-5-9-16-13/h4-9,14-15H,3,10H2,1-2H3. The SMILES string of the molecule is CCNC(CSC)c1cccc2ncccc12. The number of nitrogens with zero attached hydrogens (tertiary/aromatic N) is 1. The molecule has 1 heterocycles. The first-order chi connectivity index (χ1) is 8.36. The monoisotopic (exact) mass is 246 g/mol. The second-order valence-corrected chi connectivity index (χ2v) is 4.89. The Morgan fingerprint density at radius 2 is 2.18 bits per heavy atom. The Kier molecular flexibility index (Phi) is 4.40. The number of benzene rings is 1. The lowest BCUT2D eigenvalue weighted by Crippen LogP contribution is -2.23. The third-order valence-electron chi connectivity index (χ3n) is 2.84. The highest BCUT2D eigenvalue weighted by molar-refractivity contribution is 7.98. The molecule has 0 radical (unpaired) electrons. The second-order valence-electron chi connectivity index (χ2n) is 3.98. The zero-order valence-electron chi connectivity index (χ0n) is 10.3. The number of aromatic nitrogens is 1. The number of hydrogen-bond donors (Lipinski definition) is 1. The molecule has 0 saturated carbocycles. The largest absolute Gasteiger partial charge is 0.309 e. The summed E-state index contributed by atoms with van der Waals surface area (Å²) in [6, 6.07) is 10.9. The van der Waals surface area contributed by atoms with Crippen molar-refractivity contribution in [3.8, 4) is 0 Å². The molecular formula is C14H18N2S. The number of nitrogens with one attached hydrogen (secondary N) is 1. The number of thioether (sulfide) groups is 1. The highest BCUT2D eigenvalue weighted by Gasteiger charge is 2.12. The Morgan fingerprint density at radius 3 is 2.94 bits per heavy atom. The van der Waals surface area contributed by atoms with E-state index in [1.807, 2.05) is 24.0 Å². The minimum Gasteiger partial charge on any atom is -0.309 e. The fourth-order valence-corrected chi connectivity index (χ4v) is 2.73. The molecule has 0 aliphatic rings. The summed E-state index contributed by atoms with van der Waals surface area (Å²) in [7, 11) is 0. The molecule has 2 rings (SSSR count). The van der Waals surface area contributed by atoms with Crippen molar-refractivity contribution >= 4 is 22.7 Å². The van der Waals surface area contributed by atoms with Crippen LogP contribution in [0.4, 0.5) is 0 Å². The number of fused-ring (bicyclic) bond motifs is 1. The summed E-state index contributed by atoms with van der Waals surface area (Å²) >= 11 is 1.87. The van der Waals surface area contributed by atoms with Crippen molar-refractivity contribution in [2.45, 2.75) is 13.0 Å². The third kappa shape index (κ3) is 2.79. The molecule has 2 aromatic rings. The highest BCUT2D eigenvalue weighted by Crippen LogP contribution is 2.24. The van der Waals surface area contributed by atoms with Gasteiger partial charge in [-0.3, -0.25) is 4.98 Å². The van der Waals surface area contributed by atoms with E-state index in [2.05, 4.69) is 47.7 Å². The zero-order chi connectivity index (χ0) is 12.1. The lowest BCUT2D eigenvalue weighted by molar-refractivity contribution is 0.610. The van der Waals surface area contributed by atoms with Crippen LogP contribution in [0, 0.1) is 0 Å². The molecule has 0 bridgehead atoms. The van der Waals surface area contributed by atoms with Crippen molar-refractivity contribution in [1.29, 1.82) is 0 Å². The van der Waals surface area contributed by atoms with Gasteiger partial charge in [0, 0.05) is 23.4 Å². The molecule has 1 atom stereocenters. The van der Waals surface area contributed by atoms with Crippen LogP contribution in [0.5, 0.6) is 0 Å². The topological polar surface area (TPSA) is 24.9 Å². The average Bonchev–Trinajstić information content (AvgIpc) is 2.38.